The minimum Gasteiger partial charge on any atom is -0.486 e. The second-order valence-corrected chi connectivity index (χ2v) is 8.08. The third kappa shape index (κ3) is 4.56. The zero-order chi connectivity index (χ0) is 22.8. The number of Topliss-reactive ketones (excluding diaryl/α,β-unsaturated/α-hetero) is 1. The third-order valence-electron chi connectivity index (χ3n) is 5.94. The molecule has 0 saturated carbocycles. The van der Waals surface area contributed by atoms with E-state index in [0.29, 0.717) is 54.2 Å². The van der Waals surface area contributed by atoms with E-state index in [4.69, 9.17) is 13.9 Å². The molecule has 5 rings (SSSR count). The van der Waals surface area contributed by atoms with Crippen LogP contribution in [-0.4, -0.2) is 52.1 Å². The number of nitro groups is 1. The van der Waals surface area contributed by atoms with E-state index in [2.05, 4.69) is 15.1 Å². The fourth-order valence-electron chi connectivity index (χ4n) is 4.14. The molecule has 1 aromatic heterocycles. The highest BCUT2D eigenvalue weighted by molar-refractivity contribution is 5.98. The fraction of sp³-hybridized carbons (Fsp3) is 0.348. The Balaban J connectivity index is 1.16. The average Bonchev–Trinajstić information content (AvgIpc) is 3.32. The van der Waals surface area contributed by atoms with Gasteiger partial charge in [0.1, 0.15) is 13.2 Å². The first-order valence-corrected chi connectivity index (χ1v) is 10.8. The molecule has 10 nitrogen and oxygen atoms in total. The Morgan fingerprint density at radius 3 is 2.48 bits per heavy atom. The lowest BCUT2D eigenvalue weighted by Crippen LogP contribution is -2.36. The van der Waals surface area contributed by atoms with Crippen LogP contribution in [0.5, 0.6) is 11.5 Å². The number of non-ortho nitro benzene ring substituents is 1. The van der Waals surface area contributed by atoms with E-state index in [0.717, 1.165) is 25.9 Å². The molecule has 2 aliphatic heterocycles. The van der Waals surface area contributed by atoms with E-state index in [1.807, 2.05) is 0 Å². The molecule has 33 heavy (non-hydrogen) atoms. The summed E-state index contributed by atoms with van der Waals surface area (Å²) in [5.41, 5.74) is 1.29. The van der Waals surface area contributed by atoms with Crippen molar-refractivity contribution >= 4 is 11.5 Å². The van der Waals surface area contributed by atoms with Gasteiger partial charge in [-0.3, -0.25) is 19.8 Å². The van der Waals surface area contributed by atoms with Crippen molar-refractivity contribution in [2.75, 3.05) is 26.3 Å². The van der Waals surface area contributed by atoms with Crippen LogP contribution in [0, 0.1) is 16.0 Å². The van der Waals surface area contributed by atoms with Crippen molar-refractivity contribution in [2.45, 2.75) is 19.4 Å². The number of carbonyl (C=O) groups is 1. The normalized spacial score (nSPS) is 16.5. The highest BCUT2D eigenvalue weighted by Crippen LogP contribution is 2.33. The number of fused-ring (bicyclic) bond motifs is 1. The average molecular weight is 450 g/mol. The predicted octanol–water partition coefficient (Wildman–Crippen LogP) is 3.51. The largest absolute Gasteiger partial charge is 0.486 e. The number of ether oxygens (including phenoxy) is 2. The molecule has 170 valence electrons. The highest BCUT2D eigenvalue weighted by Gasteiger charge is 2.27. The van der Waals surface area contributed by atoms with Gasteiger partial charge in [-0.05, 0) is 56.3 Å². The van der Waals surface area contributed by atoms with Crippen molar-refractivity contribution in [3.05, 3.63) is 64.0 Å². The molecular weight excluding hydrogens is 428 g/mol. The van der Waals surface area contributed by atoms with E-state index >= 15 is 0 Å². The number of rotatable bonds is 6. The molecule has 10 heteroatoms. The molecule has 1 saturated heterocycles. The van der Waals surface area contributed by atoms with E-state index in [1.165, 1.54) is 12.1 Å². The summed E-state index contributed by atoms with van der Waals surface area (Å²) >= 11 is 0. The number of likely N-dealkylation sites (tertiary alicyclic amines) is 1. The Hall–Kier alpha value is -3.79. The maximum absolute atomic E-state index is 13.0. The topological polar surface area (TPSA) is 121 Å². The summed E-state index contributed by atoms with van der Waals surface area (Å²) in [5, 5.41) is 19.0. The number of carbonyl (C=O) groups excluding carboxylic acids is 1. The first kappa shape index (κ1) is 21.1. The number of piperidine rings is 1. The first-order valence-electron chi connectivity index (χ1n) is 10.8. The zero-order valence-electron chi connectivity index (χ0n) is 17.8. The number of ketones is 1. The van der Waals surface area contributed by atoms with Crippen LogP contribution >= 0.6 is 0 Å². The Kier molecular flexibility index (Phi) is 5.74. The van der Waals surface area contributed by atoms with Crippen molar-refractivity contribution in [1.82, 2.24) is 15.1 Å². The van der Waals surface area contributed by atoms with Gasteiger partial charge in [0.25, 0.3) is 5.69 Å². The number of benzene rings is 2. The van der Waals surface area contributed by atoms with Crippen LogP contribution in [0.15, 0.2) is 46.9 Å². The van der Waals surface area contributed by atoms with Gasteiger partial charge in [-0.1, -0.05) is 0 Å². The van der Waals surface area contributed by atoms with Gasteiger partial charge in [0.2, 0.25) is 11.8 Å². The molecule has 1 fully saturated rings. The quantitative estimate of drug-likeness (QED) is 0.315. The lowest BCUT2D eigenvalue weighted by atomic mass is 9.88. The molecule has 3 aromatic rings. The van der Waals surface area contributed by atoms with Crippen LogP contribution in [0.1, 0.15) is 29.1 Å². The van der Waals surface area contributed by atoms with Crippen molar-refractivity contribution in [2.24, 2.45) is 5.92 Å². The van der Waals surface area contributed by atoms with Gasteiger partial charge >= 0.3 is 0 Å². The summed E-state index contributed by atoms with van der Waals surface area (Å²) in [5.74, 6) is 2.19. The molecule has 2 aromatic carbocycles. The smallest absolute Gasteiger partial charge is 0.269 e. The Bertz CT molecular complexity index is 1170. The Labute approximate surface area is 189 Å². The first-order chi connectivity index (χ1) is 16.1. The molecule has 2 aliphatic rings. The molecule has 0 N–H and O–H groups in total. The molecule has 0 aliphatic carbocycles. The summed E-state index contributed by atoms with van der Waals surface area (Å²) < 4.78 is 16.9. The van der Waals surface area contributed by atoms with Crippen LogP contribution in [0.2, 0.25) is 0 Å². The molecule has 0 spiro atoms. The maximum Gasteiger partial charge on any atom is 0.269 e. The predicted molar refractivity (Wildman–Crippen MR) is 116 cm³/mol. The number of nitrogens with zero attached hydrogens (tertiary/aromatic N) is 4. The number of aromatic nitrogens is 2. The minimum absolute atomic E-state index is 0.00662. The van der Waals surface area contributed by atoms with Gasteiger partial charge in [0, 0.05) is 29.2 Å². The molecule has 0 bridgehead atoms. The summed E-state index contributed by atoms with van der Waals surface area (Å²) in [7, 11) is 0. The number of hydrogen-bond donors (Lipinski definition) is 0. The molecule has 0 atom stereocenters. The molecular formula is C23H22N4O6. The zero-order valence-corrected chi connectivity index (χ0v) is 17.8. The summed E-state index contributed by atoms with van der Waals surface area (Å²) in [6, 6.07) is 11.4. The minimum atomic E-state index is -0.453. The lowest BCUT2D eigenvalue weighted by Gasteiger charge is -2.30. The number of nitro benzene ring substituents is 1. The van der Waals surface area contributed by atoms with Gasteiger partial charge in [-0.2, -0.15) is 0 Å². The van der Waals surface area contributed by atoms with E-state index in [-0.39, 0.29) is 17.4 Å². The third-order valence-corrected chi connectivity index (χ3v) is 5.94. The summed E-state index contributed by atoms with van der Waals surface area (Å²) in [4.78, 5) is 25.5. The monoisotopic (exact) mass is 450 g/mol. The van der Waals surface area contributed by atoms with Crippen LogP contribution in [-0.2, 0) is 6.54 Å². The molecule has 0 amide bonds. The van der Waals surface area contributed by atoms with Crippen molar-refractivity contribution in [3.8, 4) is 23.0 Å². The Morgan fingerprint density at radius 1 is 1.03 bits per heavy atom. The molecule has 0 radical (unpaired) electrons. The summed E-state index contributed by atoms with van der Waals surface area (Å²) in [6.45, 7) is 3.00. The van der Waals surface area contributed by atoms with Crippen molar-refractivity contribution in [3.63, 3.8) is 0 Å². The van der Waals surface area contributed by atoms with Crippen LogP contribution in [0.3, 0.4) is 0 Å². The Morgan fingerprint density at radius 2 is 1.76 bits per heavy atom. The van der Waals surface area contributed by atoms with E-state index in [9.17, 15) is 14.9 Å². The van der Waals surface area contributed by atoms with Gasteiger partial charge in [-0.15, -0.1) is 10.2 Å². The van der Waals surface area contributed by atoms with Gasteiger partial charge in [-0.25, -0.2) is 0 Å². The van der Waals surface area contributed by atoms with Crippen LogP contribution in [0.4, 0.5) is 5.69 Å². The van der Waals surface area contributed by atoms with Gasteiger partial charge in [0.15, 0.2) is 17.3 Å². The summed E-state index contributed by atoms with van der Waals surface area (Å²) in [6.07, 6.45) is 1.49. The van der Waals surface area contributed by atoms with Crippen LogP contribution < -0.4 is 9.47 Å². The molecule has 0 unspecified atom stereocenters. The molecule has 3 heterocycles. The second-order valence-electron chi connectivity index (χ2n) is 8.08. The van der Waals surface area contributed by atoms with Crippen molar-refractivity contribution < 1.29 is 23.6 Å². The SMILES string of the molecule is O=C(c1ccc2c(c1)OCCO2)C1CCN(Cc2nnc(-c3ccc([N+](=O)[O-])cc3)o2)CC1. The standard InChI is InChI=1S/C23H22N4O6/c28-22(17-3-6-19-20(13-17)32-12-11-31-19)15-7-9-26(10-8-15)14-21-24-25-23(33-21)16-1-4-18(5-2-16)27(29)30/h1-6,13,15H,7-12,14H2. The fourth-order valence-corrected chi connectivity index (χ4v) is 4.14. The maximum atomic E-state index is 13.0. The second kappa shape index (κ2) is 8.99. The van der Waals surface area contributed by atoms with E-state index in [1.54, 1.807) is 30.3 Å². The van der Waals surface area contributed by atoms with Gasteiger partial charge < -0.3 is 13.9 Å². The van der Waals surface area contributed by atoms with Gasteiger partial charge in [0.05, 0.1) is 11.5 Å². The van der Waals surface area contributed by atoms with Crippen molar-refractivity contribution in [1.29, 1.82) is 0 Å². The lowest BCUT2D eigenvalue weighted by molar-refractivity contribution is -0.384. The van der Waals surface area contributed by atoms with Crippen LogP contribution in [0.25, 0.3) is 11.5 Å². The number of hydrogen-bond acceptors (Lipinski definition) is 9. The van der Waals surface area contributed by atoms with E-state index < -0.39 is 4.92 Å². The highest BCUT2D eigenvalue weighted by atomic mass is 16.6.